The van der Waals surface area contributed by atoms with Crippen molar-refractivity contribution in [1.82, 2.24) is 24.8 Å². The summed E-state index contributed by atoms with van der Waals surface area (Å²) in [5.74, 6) is 0. The van der Waals surface area contributed by atoms with Crippen LogP contribution < -0.4 is 0 Å². The maximum atomic E-state index is 5.87. The molecule has 1 aromatic rings. The van der Waals surface area contributed by atoms with Crippen LogP contribution in [0.1, 0.15) is 0 Å². The molecule has 0 saturated heterocycles. The summed E-state index contributed by atoms with van der Waals surface area (Å²) >= 11 is 18.7. The molecule has 0 aliphatic rings. The summed E-state index contributed by atoms with van der Waals surface area (Å²) in [6.07, 6.45) is 0. The molecular weight excluding hydrogens is 342 g/mol. The van der Waals surface area contributed by atoms with E-state index in [0.717, 1.165) is 0 Å². The molecule has 0 atom stereocenters. The fourth-order valence-corrected chi connectivity index (χ4v) is 2.72. The fraction of sp³-hybridized carbons (Fsp3) is 0.444. The second-order valence-electron chi connectivity index (χ2n) is 3.69. The van der Waals surface area contributed by atoms with Crippen molar-refractivity contribution in [2.45, 2.75) is 10.3 Å². The molecule has 0 saturated carbocycles. The van der Waals surface area contributed by atoms with Gasteiger partial charge in [0.1, 0.15) is 8.64 Å². The maximum Gasteiger partial charge on any atom is 0.227 e. The zero-order valence-corrected chi connectivity index (χ0v) is 14.8. The zero-order valence-electron chi connectivity index (χ0n) is 10.7. The van der Waals surface area contributed by atoms with Gasteiger partial charge >= 0.3 is 0 Å². The van der Waals surface area contributed by atoms with Crippen LogP contribution in [0.25, 0.3) is 0 Å². The average molecular weight is 354 g/mol. The molecule has 19 heavy (non-hydrogen) atoms. The Morgan fingerprint density at radius 1 is 0.895 bits per heavy atom. The molecule has 0 aliphatic heterocycles. The predicted octanol–water partition coefficient (Wildman–Crippen LogP) is 2.40. The lowest BCUT2D eigenvalue weighted by Crippen LogP contribution is -2.17. The molecule has 10 heteroatoms. The third-order valence-electron chi connectivity index (χ3n) is 1.65. The minimum Gasteiger partial charge on any atom is -0.363 e. The third-order valence-corrected chi connectivity index (χ3v) is 4.86. The lowest BCUT2D eigenvalue weighted by Gasteiger charge is -2.13. The van der Waals surface area contributed by atoms with Gasteiger partial charge in [0, 0.05) is 28.2 Å². The van der Waals surface area contributed by atoms with E-state index in [0.29, 0.717) is 19.0 Å². The lowest BCUT2D eigenvalue weighted by molar-refractivity contribution is 0.646. The van der Waals surface area contributed by atoms with Crippen molar-refractivity contribution in [1.29, 1.82) is 0 Å². The third kappa shape index (κ3) is 5.74. The summed E-state index contributed by atoms with van der Waals surface area (Å²) in [4.78, 5) is 15.9. The molecule has 0 unspecified atom stereocenters. The van der Waals surface area contributed by atoms with Crippen LogP contribution in [0.5, 0.6) is 0 Å². The van der Waals surface area contributed by atoms with Crippen LogP contribution in [-0.2, 0) is 0 Å². The summed E-state index contributed by atoms with van der Waals surface area (Å²) < 4.78 is 1.29. The monoisotopic (exact) mass is 353 g/mol. The van der Waals surface area contributed by atoms with E-state index >= 15 is 0 Å². The van der Waals surface area contributed by atoms with Crippen LogP contribution in [-0.4, -0.2) is 61.6 Å². The molecule has 1 aromatic heterocycles. The van der Waals surface area contributed by atoms with E-state index < -0.39 is 0 Å². The summed E-state index contributed by atoms with van der Waals surface area (Å²) in [5.41, 5.74) is 0. The van der Waals surface area contributed by atoms with E-state index in [-0.39, 0.29) is 5.28 Å². The number of aromatic nitrogens is 3. The van der Waals surface area contributed by atoms with Gasteiger partial charge in [0.15, 0.2) is 10.3 Å². The Labute approximate surface area is 136 Å². The number of hydrogen-bond acceptors (Lipinski definition) is 7. The Balaban J connectivity index is 2.88. The summed E-state index contributed by atoms with van der Waals surface area (Å²) in [7, 11) is 7.42. The first-order chi connectivity index (χ1) is 8.79. The van der Waals surface area contributed by atoms with E-state index in [1.807, 2.05) is 28.2 Å². The highest BCUT2D eigenvalue weighted by atomic mass is 35.5. The molecule has 0 N–H and O–H groups in total. The highest BCUT2D eigenvalue weighted by molar-refractivity contribution is 8.23. The van der Waals surface area contributed by atoms with Crippen LogP contribution in [0.2, 0.25) is 5.28 Å². The molecule has 0 aliphatic carbocycles. The van der Waals surface area contributed by atoms with Crippen molar-refractivity contribution in [2.24, 2.45) is 0 Å². The van der Waals surface area contributed by atoms with E-state index in [1.165, 1.54) is 23.5 Å². The van der Waals surface area contributed by atoms with Crippen molar-refractivity contribution in [3.05, 3.63) is 5.28 Å². The summed E-state index contributed by atoms with van der Waals surface area (Å²) in [6.45, 7) is 0. The van der Waals surface area contributed by atoms with Gasteiger partial charge in [-0.05, 0) is 35.1 Å². The molecular formula is C9H12ClN5S4. The van der Waals surface area contributed by atoms with Gasteiger partial charge in [-0.2, -0.15) is 15.0 Å². The molecule has 0 bridgehead atoms. The molecule has 104 valence electrons. The Kier molecular flexibility index (Phi) is 6.67. The smallest absolute Gasteiger partial charge is 0.227 e. The Morgan fingerprint density at radius 3 is 1.58 bits per heavy atom. The molecule has 5 nitrogen and oxygen atoms in total. The van der Waals surface area contributed by atoms with Gasteiger partial charge in [-0.1, -0.05) is 24.4 Å². The Hall–Kier alpha value is -0.220. The van der Waals surface area contributed by atoms with Gasteiger partial charge in [0.25, 0.3) is 0 Å². The van der Waals surface area contributed by atoms with Gasteiger partial charge in [-0.3, -0.25) is 0 Å². The first-order valence-corrected chi connectivity index (χ1v) is 7.82. The van der Waals surface area contributed by atoms with E-state index in [9.17, 15) is 0 Å². The van der Waals surface area contributed by atoms with E-state index in [4.69, 9.17) is 36.0 Å². The minimum atomic E-state index is 0.128. The van der Waals surface area contributed by atoms with Crippen molar-refractivity contribution >= 4 is 68.2 Å². The Morgan fingerprint density at radius 2 is 1.26 bits per heavy atom. The largest absolute Gasteiger partial charge is 0.363 e. The first kappa shape index (κ1) is 16.8. The van der Waals surface area contributed by atoms with Gasteiger partial charge in [-0.15, -0.1) is 0 Å². The number of hydrogen-bond donors (Lipinski definition) is 0. The first-order valence-electron chi connectivity index (χ1n) is 4.99. The average Bonchev–Trinajstić information content (AvgIpc) is 2.27. The summed E-state index contributed by atoms with van der Waals surface area (Å²) in [5, 5.41) is 1.05. The Bertz CT molecular complexity index is 453. The van der Waals surface area contributed by atoms with Crippen LogP contribution >= 0.6 is 59.6 Å². The molecule has 0 spiro atoms. The number of thiocarbonyl (C=S) groups is 2. The van der Waals surface area contributed by atoms with Crippen LogP contribution in [0.3, 0.4) is 0 Å². The topological polar surface area (TPSA) is 45.2 Å². The number of halogens is 1. The van der Waals surface area contributed by atoms with Crippen molar-refractivity contribution in [3.8, 4) is 0 Å². The SMILES string of the molecule is CN(C)C(=S)Sc1nc(Cl)nc(SC(=S)N(C)C)n1. The fourth-order valence-electron chi connectivity index (χ4n) is 0.745. The second-order valence-corrected chi connectivity index (χ2v) is 7.23. The van der Waals surface area contributed by atoms with Gasteiger partial charge < -0.3 is 9.80 Å². The molecule has 0 fully saturated rings. The zero-order chi connectivity index (χ0) is 14.6. The second kappa shape index (κ2) is 7.53. The van der Waals surface area contributed by atoms with Gasteiger partial charge in [0.2, 0.25) is 5.28 Å². The van der Waals surface area contributed by atoms with Gasteiger partial charge in [-0.25, -0.2) is 0 Å². The number of thioether (sulfide) groups is 2. The van der Waals surface area contributed by atoms with Crippen LogP contribution in [0.4, 0.5) is 0 Å². The molecule has 0 radical (unpaired) electrons. The van der Waals surface area contributed by atoms with Crippen LogP contribution in [0.15, 0.2) is 10.3 Å². The molecule has 1 heterocycles. The predicted molar refractivity (Wildman–Crippen MR) is 89.1 cm³/mol. The highest BCUT2D eigenvalue weighted by Gasteiger charge is 2.12. The minimum absolute atomic E-state index is 0.128. The van der Waals surface area contributed by atoms with Crippen LogP contribution in [0, 0.1) is 0 Å². The molecule has 0 amide bonds. The normalized spacial score (nSPS) is 10.2. The van der Waals surface area contributed by atoms with E-state index in [2.05, 4.69) is 15.0 Å². The van der Waals surface area contributed by atoms with Crippen molar-refractivity contribution in [3.63, 3.8) is 0 Å². The lowest BCUT2D eigenvalue weighted by atomic mass is 11.0. The number of rotatable bonds is 2. The van der Waals surface area contributed by atoms with Gasteiger partial charge in [0.05, 0.1) is 0 Å². The maximum absolute atomic E-state index is 5.87. The summed E-state index contributed by atoms with van der Waals surface area (Å²) in [6, 6.07) is 0. The molecule has 1 rings (SSSR count). The quantitative estimate of drug-likeness (QED) is 0.589. The van der Waals surface area contributed by atoms with E-state index in [1.54, 1.807) is 9.80 Å². The molecule has 0 aromatic carbocycles. The number of nitrogens with zero attached hydrogens (tertiary/aromatic N) is 5. The van der Waals surface area contributed by atoms with Crippen molar-refractivity contribution < 1.29 is 0 Å². The highest BCUT2D eigenvalue weighted by Crippen LogP contribution is 2.23. The standard InChI is InChI=1S/C9H12ClN5S4/c1-14(2)8(16)18-6-11-5(10)12-7(13-6)19-9(17)15(3)4/h1-4H3. The van der Waals surface area contributed by atoms with Crippen molar-refractivity contribution in [2.75, 3.05) is 28.2 Å².